The lowest BCUT2D eigenvalue weighted by Crippen LogP contribution is -2.39. The summed E-state index contributed by atoms with van der Waals surface area (Å²) in [7, 11) is -3.83. The number of carboxylic acids is 1. The maximum atomic E-state index is 12.2. The van der Waals surface area contributed by atoms with E-state index in [0.29, 0.717) is 0 Å². The van der Waals surface area contributed by atoms with Gasteiger partial charge in [0, 0.05) is 6.04 Å². The standard InChI is InChI=1S/C11H15NO5S/c1-6-9(11(13)14)10(7(2)17-6)18(15,16)12-8-4-3-5-8/h8,12H,3-5H2,1-2H3,(H,13,14). The summed E-state index contributed by atoms with van der Waals surface area (Å²) in [5.41, 5.74) is -0.278. The molecule has 0 aliphatic heterocycles. The smallest absolute Gasteiger partial charge is 0.340 e. The zero-order chi connectivity index (χ0) is 13.5. The summed E-state index contributed by atoms with van der Waals surface area (Å²) in [6, 6.07) is -0.0914. The van der Waals surface area contributed by atoms with Crippen molar-refractivity contribution in [2.24, 2.45) is 0 Å². The van der Waals surface area contributed by atoms with Crippen molar-refractivity contribution in [3.05, 3.63) is 17.1 Å². The van der Waals surface area contributed by atoms with Crippen molar-refractivity contribution in [2.45, 2.75) is 44.0 Å². The molecule has 2 N–H and O–H groups in total. The fourth-order valence-corrected chi connectivity index (χ4v) is 3.75. The molecule has 1 aromatic heterocycles. The van der Waals surface area contributed by atoms with E-state index in [-0.39, 0.29) is 28.0 Å². The molecular formula is C11H15NO5S. The Labute approximate surface area is 105 Å². The second kappa shape index (κ2) is 4.40. The zero-order valence-corrected chi connectivity index (χ0v) is 11.0. The van der Waals surface area contributed by atoms with E-state index in [2.05, 4.69) is 4.72 Å². The topological polar surface area (TPSA) is 96.6 Å². The van der Waals surface area contributed by atoms with Crippen molar-refractivity contribution < 1.29 is 22.7 Å². The molecule has 1 aliphatic rings. The van der Waals surface area contributed by atoms with Crippen molar-refractivity contribution >= 4 is 16.0 Å². The zero-order valence-electron chi connectivity index (χ0n) is 10.2. The predicted octanol–water partition coefficient (Wildman–Crippen LogP) is 1.43. The Kier molecular flexibility index (Phi) is 3.20. The molecule has 0 radical (unpaired) electrons. The largest absolute Gasteiger partial charge is 0.478 e. The van der Waals surface area contributed by atoms with Crippen LogP contribution in [0.2, 0.25) is 0 Å². The first-order chi connectivity index (χ1) is 8.33. The number of hydrogen-bond acceptors (Lipinski definition) is 4. The first-order valence-corrected chi connectivity index (χ1v) is 7.17. The molecule has 0 saturated heterocycles. The average molecular weight is 273 g/mol. The van der Waals surface area contributed by atoms with Gasteiger partial charge < -0.3 is 9.52 Å². The predicted molar refractivity (Wildman–Crippen MR) is 63.1 cm³/mol. The van der Waals surface area contributed by atoms with E-state index in [1.54, 1.807) is 0 Å². The van der Waals surface area contributed by atoms with Crippen LogP contribution in [0, 0.1) is 13.8 Å². The van der Waals surface area contributed by atoms with Crippen LogP contribution in [-0.4, -0.2) is 25.5 Å². The number of nitrogens with one attached hydrogen (secondary N) is 1. The van der Waals surface area contributed by atoms with Crippen molar-refractivity contribution in [3.63, 3.8) is 0 Å². The third-order valence-corrected chi connectivity index (χ3v) is 4.79. The van der Waals surface area contributed by atoms with Crippen molar-refractivity contribution in [3.8, 4) is 0 Å². The Morgan fingerprint density at radius 3 is 2.39 bits per heavy atom. The van der Waals surface area contributed by atoms with Gasteiger partial charge in [-0.3, -0.25) is 0 Å². The van der Waals surface area contributed by atoms with E-state index >= 15 is 0 Å². The maximum absolute atomic E-state index is 12.2. The van der Waals surface area contributed by atoms with Crippen LogP contribution in [0.1, 0.15) is 41.1 Å². The molecule has 1 fully saturated rings. The van der Waals surface area contributed by atoms with Crippen LogP contribution in [0.3, 0.4) is 0 Å². The highest BCUT2D eigenvalue weighted by atomic mass is 32.2. The van der Waals surface area contributed by atoms with E-state index < -0.39 is 16.0 Å². The number of hydrogen-bond donors (Lipinski definition) is 2. The normalized spacial score (nSPS) is 16.6. The minimum absolute atomic E-state index is 0.0914. The van der Waals surface area contributed by atoms with Gasteiger partial charge in [-0.15, -0.1) is 0 Å². The van der Waals surface area contributed by atoms with Gasteiger partial charge in [0.25, 0.3) is 0 Å². The monoisotopic (exact) mass is 273 g/mol. The summed E-state index contributed by atoms with van der Waals surface area (Å²) in [5.74, 6) is -1.08. The Morgan fingerprint density at radius 2 is 1.94 bits per heavy atom. The fourth-order valence-electron chi connectivity index (χ4n) is 2.04. The third-order valence-electron chi connectivity index (χ3n) is 3.11. The van der Waals surface area contributed by atoms with Crippen LogP contribution in [-0.2, 0) is 10.0 Å². The highest BCUT2D eigenvalue weighted by Crippen LogP contribution is 2.28. The first-order valence-electron chi connectivity index (χ1n) is 5.68. The second-order valence-corrected chi connectivity index (χ2v) is 6.12. The van der Waals surface area contributed by atoms with Crippen molar-refractivity contribution in [2.75, 3.05) is 0 Å². The van der Waals surface area contributed by atoms with Crippen molar-refractivity contribution in [1.82, 2.24) is 4.72 Å². The summed E-state index contributed by atoms with van der Waals surface area (Å²) in [4.78, 5) is 10.9. The van der Waals surface area contributed by atoms with Gasteiger partial charge in [-0.1, -0.05) is 6.42 Å². The molecular weight excluding hydrogens is 258 g/mol. The molecule has 6 nitrogen and oxygen atoms in total. The number of aryl methyl sites for hydroxylation is 2. The van der Waals surface area contributed by atoms with Gasteiger partial charge >= 0.3 is 5.97 Å². The van der Waals surface area contributed by atoms with E-state index in [1.807, 2.05) is 0 Å². The highest BCUT2D eigenvalue weighted by Gasteiger charge is 2.33. The quantitative estimate of drug-likeness (QED) is 0.864. The Hall–Kier alpha value is -1.34. The molecule has 2 rings (SSSR count). The number of carboxylic acid groups (broad SMARTS) is 1. The maximum Gasteiger partial charge on any atom is 0.340 e. The van der Waals surface area contributed by atoms with Gasteiger partial charge in [0.15, 0.2) is 0 Å². The Bertz CT molecular complexity index is 583. The number of furan rings is 1. The van der Waals surface area contributed by atoms with E-state index in [4.69, 9.17) is 9.52 Å². The fraction of sp³-hybridized carbons (Fsp3) is 0.545. The minimum Gasteiger partial charge on any atom is -0.478 e. The van der Waals surface area contributed by atoms with Crippen LogP contribution in [0.25, 0.3) is 0 Å². The van der Waals surface area contributed by atoms with Crippen LogP contribution in [0.15, 0.2) is 9.31 Å². The Balaban J connectivity index is 2.45. The van der Waals surface area contributed by atoms with E-state index in [9.17, 15) is 13.2 Å². The van der Waals surface area contributed by atoms with Crippen LogP contribution in [0.4, 0.5) is 0 Å². The molecule has 100 valence electrons. The minimum atomic E-state index is -3.83. The molecule has 0 amide bonds. The molecule has 1 aliphatic carbocycles. The van der Waals surface area contributed by atoms with Gasteiger partial charge in [0.2, 0.25) is 10.0 Å². The molecule has 7 heteroatoms. The molecule has 0 unspecified atom stereocenters. The van der Waals surface area contributed by atoms with Gasteiger partial charge in [-0.25, -0.2) is 17.9 Å². The third kappa shape index (κ3) is 2.15. The molecule has 0 spiro atoms. The van der Waals surface area contributed by atoms with Crippen LogP contribution in [0.5, 0.6) is 0 Å². The lowest BCUT2D eigenvalue weighted by atomic mass is 9.94. The number of sulfonamides is 1. The molecule has 0 bridgehead atoms. The van der Waals surface area contributed by atoms with Gasteiger partial charge in [-0.2, -0.15) is 0 Å². The molecule has 1 saturated carbocycles. The van der Waals surface area contributed by atoms with E-state index in [0.717, 1.165) is 19.3 Å². The van der Waals surface area contributed by atoms with Crippen LogP contribution < -0.4 is 4.72 Å². The van der Waals surface area contributed by atoms with E-state index in [1.165, 1.54) is 13.8 Å². The van der Waals surface area contributed by atoms with Gasteiger partial charge in [0.1, 0.15) is 22.0 Å². The summed E-state index contributed by atoms with van der Waals surface area (Å²) >= 11 is 0. The van der Waals surface area contributed by atoms with Gasteiger partial charge in [-0.05, 0) is 26.7 Å². The summed E-state index contributed by atoms with van der Waals surface area (Å²) in [6.45, 7) is 2.90. The van der Waals surface area contributed by atoms with Crippen molar-refractivity contribution in [1.29, 1.82) is 0 Å². The van der Waals surface area contributed by atoms with Gasteiger partial charge in [0.05, 0.1) is 0 Å². The number of aromatic carboxylic acids is 1. The molecule has 1 heterocycles. The Morgan fingerprint density at radius 1 is 1.33 bits per heavy atom. The summed E-state index contributed by atoms with van der Waals surface area (Å²) < 4.78 is 32.0. The lowest BCUT2D eigenvalue weighted by molar-refractivity contribution is 0.0691. The summed E-state index contributed by atoms with van der Waals surface area (Å²) in [6.07, 6.45) is 2.57. The molecule has 1 aromatic rings. The number of rotatable bonds is 4. The van der Waals surface area contributed by atoms with Crippen LogP contribution >= 0.6 is 0 Å². The first kappa shape index (κ1) is 13.1. The number of carbonyl (C=O) groups is 1. The summed E-state index contributed by atoms with van der Waals surface area (Å²) in [5, 5.41) is 9.08. The SMILES string of the molecule is Cc1oc(C)c(S(=O)(=O)NC2CCC2)c1C(=O)O. The molecule has 0 aromatic carbocycles. The molecule has 18 heavy (non-hydrogen) atoms. The molecule has 0 atom stereocenters. The highest BCUT2D eigenvalue weighted by molar-refractivity contribution is 7.89. The average Bonchev–Trinajstić information content (AvgIpc) is 2.48. The second-order valence-electron chi connectivity index (χ2n) is 4.47. The lowest BCUT2D eigenvalue weighted by Gasteiger charge is -2.26.